The Bertz CT molecular complexity index is 462. The molecule has 0 bridgehead atoms. The maximum absolute atomic E-state index is 4.72. The van der Waals surface area contributed by atoms with Crippen LogP contribution in [-0.2, 0) is 12.8 Å². The van der Waals surface area contributed by atoms with Crippen molar-refractivity contribution in [3.63, 3.8) is 0 Å². The van der Waals surface area contributed by atoms with E-state index in [-0.39, 0.29) is 0 Å². The van der Waals surface area contributed by atoms with Gasteiger partial charge in [0.05, 0.1) is 0 Å². The van der Waals surface area contributed by atoms with Gasteiger partial charge in [-0.1, -0.05) is 142 Å². The third-order valence-corrected chi connectivity index (χ3v) is 6.68. The van der Waals surface area contributed by atoms with Gasteiger partial charge < -0.3 is 0 Å². The van der Waals surface area contributed by atoms with E-state index in [0.29, 0.717) is 0 Å². The van der Waals surface area contributed by atoms with E-state index in [1.807, 2.05) is 0 Å². The topological polar surface area (TPSA) is 38.7 Å². The first-order valence-corrected chi connectivity index (χ1v) is 14.5. The third kappa shape index (κ3) is 18.6. The summed E-state index contributed by atoms with van der Waals surface area (Å²) >= 11 is 0. The van der Waals surface area contributed by atoms with Crippen molar-refractivity contribution in [2.24, 2.45) is 0 Å². The number of aromatic nitrogens is 3. The zero-order valence-electron chi connectivity index (χ0n) is 21.9. The first-order chi connectivity index (χ1) is 15.9. The smallest absolute Gasteiger partial charge is 0.132 e. The van der Waals surface area contributed by atoms with Gasteiger partial charge in [0, 0.05) is 12.8 Å². The molecule has 0 saturated carbocycles. The lowest BCUT2D eigenvalue weighted by atomic mass is 10.0. The van der Waals surface area contributed by atoms with E-state index in [2.05, 4.69) is 23.8 Å². The molecule has 1 rings (SSSR count). The average molecular weight is 446 g/mol. The van der Waals surface area contributed by atoms with Crippen molar-refractivity contribution in [2.75, 3.05) is 0 Å². The maximum atomic E-state index is 4.72. The third-order valence-electron chi connectivity index (χ3n) is 6.68. The van der Waals surface area contributed by atoms with Gasteiger partial charge in [-0.3, -0.25) is 0 Å². The second-order valence-corrected chi connectivity index (χ2v) is 9.89. The first kappa shape index (κ1) is 29.0. The molecule has 3 nitrogen and oxygen atoms in total. The summed E-state index contributed by atoms with van der Waals surface area (Å²) in [5.41, 5.74) is 0. The molecule has 0 fully saturated rings. The van der Waals surface area contributed by atoms with Gasteiger partial charge in [0.1, 0.15) is 18.0 Å². The molecule has 0 radical (unpaired) electrons. The van der Waals surface area contributed by atoms with Crippen LogP contribution in [0.5, 0.6) is 0 Å². The Hall–Kier alpha value is -0.990. The molecule has 0 aromatic carbocycles. The maximum Gasteiger partial charge on any atom is 0.132 e. The Balaban J connectivity index is 1.94. The molecular weight excluding hydrogens is 390 g/mol. The molecule has 0 N–H and O–H groups in total. The number of hydrogen-bond acceptors (Lipinski definition) is 3. The predicted octanol–water partition coefficient (Wildman–Crippen LogP) is 9.58. The largest absolute Gasteiger partial charge is 0.221 e. The lowest BCUT2D eigenvalue weighted by Crippen LogP contribution is -2.02. The molecule has 0 unspecified atom stereocenters. The molecule has 186 valence electrons. The van der Waals surface area contributed by atoms with Crippen molar-refractivity contribution in [3.05, 3.63) is 18.0 Å². The summed E-state index contributed by atoms with van der Waals surface area (Å²) < 4.78 is 0. The quantitative estimate of drug-likeness (QED) is 0.149. The van der Waals surface area contributed by atoms with Gasteiger partial charge in [-0.2, -0.15) is 0 Å². The second-order valence-electron chi connectivity index (χ2n) is 9.89. The fourth-order valence-electron chi connectivity index (χ4n) is 4.50. The van der Waals surface area contributed by atoms with Gasteiger partial charge in [-0.15, -0.1) is 0 Å². The molecule has 1 heterocycles. The van der Waals surface area contributed by atoms with E-state index < -0.39 is 0 Å². The van der Waals surface area contributed by atoms with Gasteiger partial charge in [0.25, 0.3) is 0 Å². The highest BCUT2D eigenvalue weighted by atomic mass is 15.0. The molecule has 0 aliphatic heterocycles. The summed E-state index contributed by atoms with van der Waals surface area (Å²) in [6, 6.07) is 0. The molecule has 32 heavy (non-hydrogen) atoms. The molecular formula is C29H55N3. The monoisotopic (exact) mass is 445 g/mol. The van der Waals surface area contributed by atoms with Crippen LogP contribution in [0, 0.1) is 0 Å². The molecule has 0 aliphatic rings. The summed E-state index contributed by atoms with van der Waals surface area (Å²) in [6.45, 7) is 4.58. The van der Waals surface area contributed by atoms with Crippen LogP contribution >= 0.6 is 0 Å². The Morgan fingerprint density at radius 3 is 1.00 bits per heavy atom. The van der Waals surface area contributed by atoms with Crippen LogP contribution in [0.1, 0.15) is 167 Å². The molecule has 1 aromatic heterocycles. The predicted molar refractivity (Wildman–Crippen MR) is 140 cm³/mol. The minimum absolute atomic E-state index is 1.01. The van der Waals surface area contributed by atoms with Crippen molar-refractivity contribution in [1.82, 2.24) is 15.0 Å². The Morgan fingerprint density at radius 1 is 0.406 bits per heavy atom. The highest BCUT2D eigenvalue weighted by molar-refractivity contribution is 4.91. The number of rotatable bonds is 24. The van der Waals surface area contributed by atoms with E-state index in [9.17, 15) is 0 Å². The van der Waals surface area contributed by atoms with Crippen LogP contribution in [-0.4, -0.2) is 15.0 Å². The van der Waals surface area contributed by atoms with Gasteiger partial charge in [-0.25, -0.2) is 15.0 Å². The summed E-state index contributed by atoms with van der Waals surface area (Å²) in [4.78, 5) is 13.5. The van der Waals surface area contributed by atoms with Crippen molar-refractivity contribution in [1.29, 1.82) is 0 Å². The Labute approximate surface area is 201 Å². The molecule has 0 saturated heterocycles. The summed E-state index contributed by atoms with van der Waals surface area (Å²) in [5.74, 6) is 2.02. The average Bonchev–Trinajstić information content (AvgIpc) is 2.81. The van der Waals surface area contributed by atoms with Crippen LogP contribution in [0.15, 0.2) is 6.33 Å². The SMILES string of the molecule is CCCCCCCCCCCCCc1ncnc(CCCCCCCCCCCCC)n1. The van der Waals surface area contributed by atoms with E-state index in [1.54, 1.807) is 6.33 Å². The highest BCUT2D eigenvalue weighted by Crippen LogP contribution is 2.13. The fourth-order valence-corrected chi connectivity index (χ4v) is 4.50. The van der Waals surface area contributed by atoms with E-state index in [1.165, 1.54) is 141 Å². The molecule has 0 atom stereocenters. The molecule has 0 spiro atoms. The van der Waals surface area contributed by atoms with Gasteiger partial charge in [0.2, 0.25) is 0 Å². The fraction of sp³-hybridized carbons (Fsp3) is 0.897. The summed E-state index contributed by atoms with van der Waals surface area (Å²) in [7, 11) is 0. The number of aryl methyl sites for hydroxylation is 2. The number of unbranched alkanes of at least 4 members (excludes halogenated alkanes) is 20. The Morgan fingerprint density at radius 2 is 0.688 bits per heavy atom. The van der Waals surface area contributed by atoms with E-state index in [4.69, 9.17) is 4.98 Å². The van der Waals surface area contributed by atoms with Crippen LogP contribution in [0.3, 0.4) is 0 Å². The van der Waals surface area contributed by atoms with E-state index in [0.717, 1.165) is 24.5 Å². The lowest BCUT2D eigenvalue weighted by molar-refractivity contribution is 0.544. The molecule has 0 amide bonds. The summed E-state index contributed by atoms with van der Waals surface area (Å²) in [6.07, 6.45) is 34.2. The first-order valence-electron chi connectivity index (χ1n) is 14.5. The summed E-state index contributed by atoms with van der Waals surface area (Å²) in [5, 5.41) is 0. The van der Waals surface area contributed by atoms with E-state index >= 15 is 0 Å². The zero-order chi connectivity index (χ0) is 23.0. The van der Waals surface area contributed by atoms with Crippen LogP contribution in [0.4, 0.5) is 0 Å². The Kier molecular flexibility index (Phi) is 21.0. The van der Waals surface area contributed by atoms with Gasteiger partial charge in [0.15, 0.2) is 0 Å². The number of nitrogens with zero attached hydrogens (tertiary/aromatic N) is 3. The second kappa shape index (κ2) is 23.2. The minimum atomic E-state index is 1.01. The van der Waals surface area contributed by atoms with Crippen LogP contribution < -0.4 is 0 Å². The van der Waals surface area contributed by atoms with Crippen molar-refractivity contribution in [3.8, 4) is 0 Å². The van der Waals surface area contributed by atoms with Crippen molar-refractivity contribution >= 4 is 0 Å². The minimum Gasteiger partial charge on any atom is -0.221 e. The van der Waals surface area contributed by atoms with Crippen LogP contribution in [0.25, 0.3) is 0 Å². The van der Waals surface area contributed by atoms with Crippen molar-refractivity contribution < 1.29 is 0 Å². The van der Waals surface area contributed by atoms with Gasteiger partial charge >= 0.3 is 0 Å². The number of hydrogen-bond donors (Lipinski definition) is 0. The zero-order valence-corrected chi connectivity index (χ0v) is 21.9. The lowest BCUT2D eigenvalue weighted by Gasteiger charge is -2.05. The van der Waals surface area contributed by atoms with Crippen molar-refractivity contribution in [2.45, 2.75) is 168 Å². The molecule has 1 aromatic rings. The molecule has 3 heteroatoms. The molecule has 0 aliphatic carbocycles. The van der Waals surface area contributed by atoms with Gasteiger partial charge in [-0.05, 0) is 12.8 Å². The standard InChI is InChI=1S/C29H55N3/c1-3-5-7-9-11-13-15-17-19-21-23-25-28-30-27-31-29(32-28)26-24-22-20-18-16-14-12-10-8-6-4-2/h27H,3-26H2,1-2H3. The normalized spacial score (nSPS) is 11.3. The highest BCUT2D eigenvalue weighted by Gasteiger charge is 2.02. The van der Waals surface area contributed by atoms with Crippen LogP contribution in [0.2, 0.25) is 0 Å².